The zero-order chi connectivity index (χ0) is 22.2. The molecule has 0 bridgehead atoms. The van der Waals surface area contributed by atoms with Crippen molar-refractivity contribution in [3.63, 3.8) is 0 Å². The zero-order valence-electron chi connectivity index (χ0n) is 17.9. The molecule has 0 saturated heterocycles. The van der Waals surface area contributed by atoms with Gasteiger partial charge in [0.15, 0.2) is 0 Å². The molecule has 1 atom stereocenters. The Kier molecular flexibility index (Phi) is 5.05. The SMILES string of the molecule is COc1ccc(C2CC(=O)Nc3cccc4c3c2cn4Cc2cccc(F)c2)c(OC)c1. The highest BCUT2D eigenvalue weighted by atomic mass is 19.1. The predicted molar refractivity (Wildman–Crippen MR) is 122 cm³/mol. The molecule has 162 valence electrons. The van der Waals surface area contributed by atoms with Gasteiger partial charge in [-0.25, -0.2) is 4.39 Å². The molecule has 1 unspecified atom stereocenters. The molecule has 3 aromatic carbocycles. The van der Waals surface area contributed by atoms with Gasteiger partial charge >= 0.3 is 0 Å². The number of aromatic nitrogens is 1. The van der Waals surface area contributed by atoms with E-state index < -0.39 is 0 Å². The summed E-state index contributed by atoms with van der Waals surface area (Å²) in [4.78, 5) is 12.8. The highest BCUT2D eigenvalue weighted by Gasteiger charge is 2.30. The van der Waals surface area contributed by atoms with Crippen molar-refractivity contribution in [3.05, 3.63) is 89.4 Å². The van der Waals surface area contributed by atoms with Crippen LogP contribution >= 0.6 is 0 Å². The minimum Gasteiger partial charge on any atom is -0.497 e. The second kappa shape index (κ2) is 8.04. The van der Waals surface area contributed by atoms with Gasteiger partial charge in [0.25, 0.3) is 0 Å². The van der Waals surface area contributed by atoms with E-state index >= 15 is 0 Å². The number of benzene rings is 3. The maximum absolute atomic E-state index is 13.8. The van der Waals surface area contributed by atoms with Crippen molar-refractivity contribution >= 4 is 22.5 Å². The maximum Gasteiger partial charge on any atom is 0.225 e. The second-order valence-corrected chi connectivity index (χ2v) is 7.95. The number of hydrogen-bond donors (Lipinski definition) is 1. The molecule has 1 aliphatic heterocycles. The van der Waals surface area contributed by atoms with E-state index in [4.69, 9.17) is 9.47 Å². The largest absolute Gasteiger partial charge is 0.497 e. The van der Waals surface area contributed by atoms with Gasteiger partial charge in [-0.3, -0.25) is 4.79 Å². The Labute approximate surface area is 185 Å². The van der Waals surface area contributed by atoms with Crippen LogP contribution in [0.25, 0.3) is 10.9 Å². The van der Waals surface area contributed by atoms with E-state index in [1.165, 1.54) is 6.07 Å². The molecule has 32 heavy (non-hydrogen) atoms. The molecule has 1 aliphatic rings. The number of nitrogens with one attached hydrogen (secondary N) is 1. The average molecular weight is 430 g/mol. The Morgan fingerprint density at radius 1 is 1.03 bits per heavy atom. The fourth-order valence-electron chi connectivity index (χ4n) is 4.60. The Bertz CT molecular complexity index is 1330. The molecule has 0 fully saturated rings. The van der Waals surface area contributed by atoms with Gasteiger partial charge in [0.05, 0.1) is 25.4 Å². The number of amides is 1. The molecule has 0 spiro atoms. The van der Waals surface area contributed by atoms with Crippen LogP contribution in [0.1, 0.15) is 29.0 Å². The van der Waals surface area contributed by atoms with Crippen LogP contribution in [0, 0.1) is 5.82 Å². The predicted octanol–water partition coefficient (Wildman–Crippen LogP) is 5.32. The molecule has 0 radical (unpaired) electrons. The third-order valence-corrected chi connectivity index (χ3v) is 6.03. The molecular weight excluding hydrogens is 407 g/mol. The van der Waals surface area contributed by atoms with E-state index in [-0.39, 0.29) is 24.1 Å². The lowest BCUT2D eigenvalue weighted by molar-refractivity contribution is -0.116. The lowest BCUT2D eigenvalue weighted by atomic mass is 9.88. The van der Waals surface area contributed by atoms with Gasteiger partial charge in [0.2, 0.25) is 5.91 Å². The number of nitrogens with zero attached hydrogens (tertiary/aromatic N) is 1. The molecule has 5 rings (SSSR count). The Morgan fingerprint density at radius 3 is 2.66 bits per heavy atom. The molecule has 0 aliphatic carbocycles. The summed E-state index contributed by atoms with van der Waals surface area (Å²) in [5, 5.41) is 4.05. The summed E-state index contributed by atoms with van der Waals surface area (Å²) in [6.45, 7) is 0.526. The minimum atomic E-state index is -0.255. The number of methoxy groups -OCH3 is 2. The van der Waals surface area contributed by atoms with Gasteiger partial charge in [-0.15, -0.1) is 0 Å². The number of ether oxygens (including phenoxy) is 2. The van der Waals surface area contributed by atoms with Gasteiger partial charge < -0.3 is 19.4 Å². The summed E-state index contributed by atoms with van der Waals surface area (Å²) in [5.74, 6) is 0.864. The summed E-state index contributed by atoms with van der Waals surface area (Å²) in [7, 11) is 3.23. The fourth-order valence-corrected chi connectivity index (χ4v) is 4.60. The number of carbonyl (C=O) groups excluding carboxylic acids is 1. The normalized spacial score (nSPS) is 15.3. The summed E-state index contributed by atoms with van der Waals surface area (Å²) in [5.41, 5.74) is 4.61. The summed E-state index contributed by atoms with van der Waals surface area (Å²) >= 11 is 0. The lowest BCUT2D eigenvalue weighted by Crippen LogP contribution is -2.14. The van der Waals surface area contributed by atoms with Crippen LogP contribution in [0.5, 0.6) is 11.5 Å². The first-order valence-electron chi connectivity index (χ1n) is 10.5. The third-order valence-electron chi connectivity index (χ3n) is 6.03. The fraction of sp³-hybridized carbons (Fsp3) is 0.192. The van der Waals surface area contributed by atoms with Gasteiger partial charge in [0, 0.05) is 42.1 Å². The van der Waals surface area contributed by atoms with Crippen molar-refractivity contribution in [2.24, 2.45) is 0 Å². The highest BCUT2D eigenvalue weighted by Crippen LogP contribution is 2.44. The second-order valence-electron chi connectivity index (χ2n) is 7.95. The van der Waals surface area contributed by atoms with Crippen LogP contribution in [0.4, 0.5) is 10.1 Å². The van der Waals surface area contributed by atoms with Crippen molar-refractivity contribution in [1.82, 2.24) is 4.57 Å². The van der Waals surface area contributed by atoms with E-state index in [2.05, 4.69) is 16.1 Å². The van der Waals surface area contributed by atoms with Crippen molar-refractivity contribution in [1.29, 1.82) is 0 Å². The number of hydrogen-bond acceptors (Lipinski definition) is 3. The van der Waals surface area contributed by atoms with Crippen LogP contribution in [0.3, 0.4) is 0 Å². The molecule has 4 aromatic rings. The summed E-state index contributed by atoms with van der Waals surface area (Å²) in [6, 6.07) is 18.2. The third kappa shape index (κ3) is 3.47. The zero-order valence-corrected chi connectivity index (χ0v) is 17.9. The van der Waals surface area contributed by atoms with Crippen molar-refractivity contribution in [2.45, 2.75) is 18.9 Å². The van der Waals surface area contributed by atoms with Crippen molar-refractivity contribution in [3.8, 4) is 11.5 Å². The standard InChI is InChI=1S/C26H23FN2O3/c1-31-18-9-10-19(24(12-18)32-2)20-13-25(30)28-22-7-4-8-23-26(22)21(20)15-29(23)14-16-5-3-6-17(27)11-16/h3-12,15,20H,13-14H2,1-2H3,(H,28,30). The lowest BCUT2D eigenvalue weighted by Gasteiger charge is -2.18. The highest BCUT2D eigenvalue weighted by molar-refractivity contribution is 6.06. The first kappa shape index (κ1) is 20.1. The van der Waals surface area contributed by atoms with Gasteiger partial charge in [0.1, 0.15) is 17.3 Å². The van der Waals surface area contributed by atoms with Crippen molar-refractivity contribution in [2.75, 3.05) is 19.5 Å². The summed E-state index contributed by atoms with van der Waals surface area (Å²) < 4.78 is 26.9. The molecule has 5 nitrogen and oxygen atoms in total. The van der Waals surface area contributed by atoms with Gasteiger partial charge in [-0.2, -0.15) is 0 Å². The van der Waals surface area contributed by atoms with E-state index in [0.717, 1.165) is 33.3 Å². The number of anilines is 1. The number of halogens is 1. The van der Waals surface area contributed by atoms with E-state index in [1.807, 2.05) is 42.5 Å². The molecular formula is C26H23FN2O3. The molecule has 1 amide bonds. The topological polar surface area (TPSA) is 52.5 Å². The summed E-state index contributed by atoms with van der Waals surface area (Å²) in [6.07, 6.45) is 2.37. The maximum atomic E-state index is 13.8. The minimum absolute atomic E-state index is 0.0479. The van der Waals surface area contributed by atoms with Crippen LogP contribution < -0.4 is 14.8 Å². The van der Waals surface area contributed by atoms with E-state index in [1.54, 1.807) is 26.4 Å². The number of carbonyl (C=O) groups is 1. The van der Waals surface area contributed by atoms with Crippen LogP contribution in [0.2, 0.25) is 0 Å². The first-order valence-corrected chi connectivity index (χ1v) is 10.5. The van der Waals surface area contributed by atoms with Crippen molar-refractivity contribution < 1.29 is 18.7 Å². The number of rotatable bonds is 5. The first-order chi connectivity index (χ1) is 15.6. The molecule has 1 aromatic heterocycles. The van der Waals surface area contributed by atoms with Crippen LogP contribution in [0.15, 0.2) is 66.9 Å². The Morgan fingerprint density at radius 2 is 1.88 bits per heavy atom. The van der Waals surface area contributed by atoms with E-state index in [9.17, 15) is 9.18 Å². The molecule has 2 heterocycles. The Balaban J connectivity index is 1.69. The van der Waals surface area contributed by atoms with E-state index in [0.29, 0.717) is 18.0 Å². The average Bonchev–Trinajstić information content (AvgIpc) is 3.09. The monoisotopic (exact) mass is 430 g/mol. The van der Waals surface area contributed by atoms with Crippen LogP contribution in [-0.2, 0) is 11.3 Å². The molecule has 1 N–H and O–H groups in total. The van der Waals surface area contributed by atoms with Crippen LogP contribution in [-0.4, -0.2) is 24.7 Å². The Hall–Kier alpha value is -3.80. The quantitative estimate of drug-likeness (QED) is 0.466. The molecule has 0 saturated carbocycles. The smallest absolute Gasteiger partial charge is 0.225 e. The van der Waals surface area contributed by atoms with Gasteiger partial charge in [-0.1, -0.05) is 24.3 Å². The van der Waals surface area contributed by atoms with Gasteiger partial charge in [-0.05, 0) is 41.5 Å². The molecule has 6 heteroatoms.